The molecule has 26 heavy (non-hydrogen) atoms. The summed E-state index contributed by atoms with van der Waals surface area (Å²) in [5.74, 6) is 2.60. The third kappa shape index (κ3) is 4.03. The first-order valence-electron chi connectivity index (χ1n) is 9.30. The Bertz CT molecular complexity index is 748. The number of hydrogen-bond acceptors (Lipinski definition) is 6. The Hall–Kier alpha value is -2.44. The van der Waals surface area contributed by atoms with Crippen molar-refractivity contribution in [2.75, 3.05) is 18.4 Å². The number of anilines is 1. The van der Waals surface area contributed by atoms with Gasteiger partial charge in [0, 0.05) is 37.2 Å². The molecule has 140 valence electrons. The van der Waals surface area contributed by atoms with E-state index in [1.807, 2.05) is 38.7 Å². The summed E-state index contributed by atoms with van der Waals surface area (Å²) < 4.78 is 5.32. The molecule has 0 spiro atoms. The maximum absolute atomic E-state index is 12.9. The molecule has 7 heteroatoms. The molecule has 0 saturated carbocycles. The first kappa shape index (κ1) is 18.4. The van der Waals surface area contributed by atoms with E-state index in [0.29, 0.717) is 30.4 Å². The Morgan fingerprint density at radius 3 is 2.62 bits per heavy atom. The van der Waals surface area contributed by atoms with Crippen molar-refractivity contribution in [1.29, 1.82) is 0 Å². The van der Waals surface area contributed by atoms with Gasteiger partial charge in [0.2, 0.25) is 5.89 Å². The van der Waals surface area contributed by atoms with Crippen molar-refractivity contribution in [3.8, 4) is 0 Å². The van der Waals surface area contributed by atoms with E-state index >= 15 is 0 Å². The number of carbonyl (C=O) groups is 1. The summed E-state index contributed by atoms with van der Waals surface area (Å²) in [6.07, 6.45) is 3.39. The van der Waals surface area contributed by atoms with E-state index in [9.17, 15) is 4.79 Å². The first-order valence-corrected chi connectivity index (χ1v) is 9.30. The van der Waals surface area contributed by atoms with Crippen molar-refractivity contribution in [3.05, 3.63) is 35.6 Å². The lowest BCUT2D eigenvalue weighted by Crippen LogP contribution is -2.38. The molecule has 1 aliphatic heterocycles. The van der Waals surface area contributed by atoms with Crippen LogP contribution in [0.15, 0.2) is 22.9 Å². The molecule has 2 aromatic rings. The van der Waals surface area contributed by atoms with Gasteiger partial charge in [-0.05, 0) is 38.8 Å². The molecular formula is C19H27N5O2. The number of rotatable bonds is 5. The first-order chi connectivity index (χ1) is 12.5. The van der Waals surface area contributed by atoms with Crippen LogP contribution in [-0.4, -0.2) is 45.1 Å². The van der Waals surface area contributed by atoms with E-state index < -0.39 is 0 Å². The van der Waals surface area contributed by atoms with Crippen LogP contribution in [0.3, 0.4) is 0 Å². The highest BCUT2D eigenvalue weighted by atomic mass is 16.5. The summed E-state index contributed by atoms with van der Waals surface area (Å²) in [6, 6.07) is 3.86. The molecule has 1 saturated heterocycles. The topological polar surface area (TPSA) is 84.2 Å². The Balaban J connectivity index is 1.65. The maximum Gasteiger partial charge on any atom is 0.257 e. The third-order valence-electron chi connectivity index (χ3n) is 4.56. The van der Waals surface area contributed by atoms with Gasteiger partial charge < -0.3 is 14.7 Å². The van der Waals surface area contributed by atoms with Crippen LogP contribution >= 0.6 is 0 Å². The predicted molar refractivity (Wildman–Crippen MR) is 99.3 cm³/mol. The summed E-state index contributed by atoms with van der Waals surface area (Å²) in [5, 5.41) is 7.38. The molecule has 3 rings (SSSR count). The van der Waals surface area contributed by atoms with Crippen molar-refractivity contribution >= 4 is 11.7 Å². The lowest BCUT2D eigenvalue weighted by Gasteiger charge is -2.31. The molecule has 1 amide bonds. The molecule has 7 nitrogen and oxygen atoms in total. The minimum absolute atomic E-state index is 0.0238. The lowest BCUT2D eigenvalue weighted by atomic mass is 9.95. The average Bonchev–Trinajstić information content (AvgIpc) is 3.12. The zero-order valence-electron chi connectivity index (χ0n) is 15.9. The summed E-state index contributed by atoms with van der Waals surface area (Å²) in [4.78, 5) is 23.7. The van der Waals surface area contributed by atoms with Crippen LogP contribution in [0, 0.1) is 0 Å². The Morgan fingerprint density at radius 1 is 1.27 bits per heavy atom. The number of nitrogens with zero attached hydrogens (tertiary/aromatic N) is 4. The van der Waals surface area contributed by atoms with Crippen molar-refractivity contribution in [1.82, 2.24) is 20.0 Å². The van der Waals surface area contributed by atoms with E-state index in [-0.39, 0.29) is 23.8 Å². The third-order valence-corrected chi connectivity index (χ3v) is 4.56. The summed E-state index contributed by atoms with van der Waals surface area (Å²) in [6.45, 7) is 9.51. The van der Waals surface area contributed by atoms with Crippen LogP contribution < -0.4 is 5.32 Å². The van der Waals surface area contributed by atoms with Gasteiger partial charge in [0.25, 0.3) is 5.91 Å². The second-order valence-electron chi connectivity index (χ2n) is 7.41. The number of nitrogens with one attached hydrogen (secondary N) is 1. The number of amides is 1. The Morgan fingerprint density at radius 2 is 2.00 bits per heavy atom. The van der Waals surface area contributed by atoms with Crippen LogP contribution in [0.25, 0.3) is 0 Å². The molecule has 0 unspecified atom stereocenters. The molecule has 2 aromatic heterocycles. The van der Waals surface area contributed by atoms with Crippen LogP contribution in [0.5, 0.6) is 0 Å². The summed E-state index contributed by atoms with van der Waals surface area (Å²) in [7, 11) is 0. The monoisotopic (exact) mass is 357 g/mol. The number of aromatic nitrogens is 3. The average molecular weight is 357 g/mol. The molecule has 0 radical (unpaired) electrons. The molecule has 1 aliphatic rings. The fraction of sp³-hybridized carbons (Fsp3) is 0.579. The number of likely N-dealkylation sites (tertiary alicyclic amines) is 1. The number of pyridine rings is 1. The SMILES string of the molecule is CC(C)Nc1ncccc1C(=O)N1CCC(c2noc(C(C)C)n2)CC1. The molecule has 3 heterocycles. The molecule has 0 bridgehead atoms. The zero-order valence-corrected chi connectivity index (χ0v) is 15.9. The van der Waals surface area contributed by atoms with Gasteiger partial charge in [0.1, 0.15) is 5.82 Å². The van der Waals surface area contributed by atoms with Gasteiger partial charge in [0.05, 0.1) is 5.56 Å². The van der Waals surface area contributed by atoms with Crippen LogP contribution in [0.4, 0.5) is 5.82 Å². The maximum atomic E-state index is 12.9. The normalized spacial score (nSPS) is 15.7. The van der Waals surface area contributed by atoms with Crippen molar-refractivity contribution in [2.24, 2.45) is 0 Å². The Kier molecular flexibility index (Phi) is 5.54. The van der Waals surface area contributed by atoms with Crippen LogP contribution in [-0.2, 0) is 0 Å². The van der Waals surface area contributed by atoms with E-state index in [1.54, 1.807) is 12.3 Å². The van der Waals surface area contributed by atoms with Gasteiger partial charge in [-0.1, -0.05) is 19.0 Å². The van der Waals surface area contributed by atoms with Gasteiger partial charge in [-0.3, -0.25) is 4.79 Å². The molecule has 0 atom stereocenters. The van der Waals surface area contributed by atoms with Crippen molar-refractivity contribution in [2.45, 2.75) is 58.4 Å². The minimum Gasteiger partial charge on any atom is -0.367 e. The minimum atomic E-state index is 0.0238. The van der Waals surface area contributed by atoms with E-state index in [4.69, 9.17) is 4.52 Å². The largest absolute Gasteiger partial charge is 0.367 e. The van der Waals surface area contributed by atoms with Crippen LogP contribution in [0.1, 0.15) is 74.4 Å². The van der Waals surface area contributed by atoms with E-state index in [0.717, 1.165) is 18.7 Å². The highest BCUT2D eigenvalue weighted by Crippen LogP contribution is 2.28. The number of piperidine rings is 1. The number of hydrogen-bond donors (Lipinski definition) is 1. The second kappa shape index (κ2) is 7.85. The van der Waals surface area contributed by atoms with E-state index in [1.165, 1.54) is 0 Å². The van der Waals surface area contributed by atoms with Gasteiger partial charge in [0.15, 0.2) is 5.82 Å². The molecule has 1 fully saturated rings. The molecule has 0 aliphatic carbocycles. The molecular weight excluding hydrogens is 330 g/mol. The fourth-order valence-corrected chi connectivity index (χ4v) is 3.13. The van der Waals surface area contributed by atoms with Crippen LogP contribution in [0.2, 0.25) is 0 Å². The van der Waals surface area contributed by atoms with Gasteiger partial charge in [-0.2, -0.15) is 4.98 Å². The highest BCUT2D eigenvalue weighted by molar-refractivity contribution is 5.98. The summed E-state index contributed by atoms with van der Waals surface area (Å²) >= 11 is 0. The van der Waals surface area contributed by atoms with Gasteiger partial charge >= 0.3 is 0 Å². The predicted octanol–water partition coefficient (Wildman–Crippen LogP) is 3.43. The highest BCUT2D eigenvalue weighted by Gasteiger charge is 2.29. The summed E-state index contributed by atoms with van der Waals surface area (Å²) in [5.41, 5.74) is 0.626. The quantitative estimate of drug-likeness (QED) is 0.882. The zero-order chi connectivity index (χ0) is 18.7. The molecule has 1 N–H and O–H groups in total. The fourth-order valence-electron chi connectivity index (χ4n) is 3.13. The van der Waals surface area contributed by atoms with Crippen molar-refractivity contribution < 1.29 is 9.32 Å². The van der Waals surface area contributed by atoms with Crippen molar-refractivity contribution in [3.63, 3.8) is 0 Å². The van der Waals surface area contributed by atoms with Gasteiger partial charge in [-0.25, -0.2) is 4.98 Å². The smallest absolute Gasteiger partial charge is 0.257 e. The lowest BCUT2D eigenvalue weighted by molar-refractivity contribution is 0.0711. The van der Waals surface area contributed by atoms with Gasteiger partial charge in [-0.15, -0.1) is 0 Å². The second-order valence-corrected chi connectivity index (χ2v) is 7.41. The number of carbonyl (C=O) groups excluding carboxylic acids is 1. The standard InChI is InChI=1S/C19H27N5O2/c1-12(2)18-22-16(23-26-18)14-7-10-24(11-8-14)19(25)15-6-5-9-20-17(15)21-13(3)4/h5-6,9,12-14H,7-8,10-11H2,1-4H3,(H,20,21). The Labute approximate surface area is 154 Å². The molecule has 0 aromatic carbocycles. The van der Waals surface area contributed by atoms with E-state index in [2.05, 4.69) is 20.4 Å².